The molecule has 1 aromatic rings. The summed E-state index contributed by atoms with van der Waals surface area (Å²) in [6.07, 6.45) is 0. The smallest absolute Gasteiger partial charge is 0.158 e. The molecule has 0 aliphatic carbocycles. The second-order valence-electron chi connectivity index (χ2n) is 2.33. The van der Waals surface area contributed by atoms with E-state index in [0.29, 0.717) is 6.07 Å². The minimum absolute atomic E-state index is 0.287. The molecule has 0 atom stereocenters. The third kappa shape index (κ3) is 1.76. The molecule has 0 bridgehead atoms. The van der Waals surface area contributed by atoms with Crippen LogP contribution in [0.15, 0.2) is 11.1 Å². The molecule has 0 aliphatic rings. The second kappa shape index (κ2) is 3.68. The van der Waals surface area contributed by atoms with Crippen molar-refractivity contribution in [2.45, 2.75) is 6.92 Å². The van der Waals surface area contributed by atoms with Gasteiger partial charge in [-0.05, 0) is 19.1 Å². The molecule has 1 nitrogen and oxygen atoms in total. The predicted molar refractivity (Wildman–Crippen MR) is 45.7 cm³/mol. The van der Waals surface area contributed by atoms with E-state index in [1.807, 2.05) is 5.16 Å². The first-order valence-corrected chi connectivity index (χ1v) is 3.70. The third-order valence-corrected chi connectivity index (χ3v) is 1.62. The molecule has 0 aliphatic heterocycles. The number of benzene rings is 1. The van der Waals surface area contributed by atoms with Gasteiger partial charge in [0.05, 0.1) is 5.16 Å². The highest BCUT2D eigenvalue weighted by Crippen LogP contribution is 2.26. The lowest BCUT2D eigenvalue weighted by atomic mass is 10.2. The van der Waals surface area contributed by atoms with Crippen LogP contribution in [0.25, 0.3) is 0 Å². The first-order chi connectivity index (χ1) is 6.07. The van der Waals surface area contributed by atoms with E-state index in [0.717, 1.165) is 0 Å². The van der Waals surface area contributed by atoms with Crippen LogP contribution in [0.2, 0.25) is 0 Å². The lowest BCUT2D eigenvalue weighted by Gasteiger charge is -2.01. The van der Waals surface area contributed by atoms with Gasteiger partial charge in [-0.25, -0.2) is 13.2 Å². The molecule has 0 unspecified atom stereocenters. The van der Waals surface area contributed by atoms with Crippen LogP contribution >= 0.6 is 12.2 Å². The highest BCUT2D eigenvalue weighted by atomic mass is 32.1. The maximum absolute atomic E-state index is 13.1. The molecule has 68 valence electrons. The number of hydrogen-bond donors (Lipinski definition) is 0. The van der Waals surface area contributed by atoms with Crippen LogP contribution in [0.1, 0.15) is 5.56 Å². The van der Waals surface area contributed by atoms with Gasteiger partial charge in [0.15, 0.2) is 11.6 Å². The lowest BCUT2D eigenvalue weighted by Crippen LogP contribution is -1.92. The number of thiocarbonyl (C=S) groups is 1. The van der Waals surface area contributed by atoms with Crippen LogP contribution in [0, 0.1) is 24.4 Å². The number of aliphatic imine (C=N–C) groups is 1. The summed E-state index contributed by atoms with van der Waals surface area (Å²) in [5.41, 5.74) is -0.890. The van der Waals surface area contributed by atoms with E-state index in [4.69, 9.17) is 0 Å². The maximum Gasteiger partial charge on any atom is 0.158 e. The summed E-state index contributed by atoms with van der Waals surface area (Å²) in [5.74, 6) is -3.08. The van der Waals surface area contributed by atoms with E-state index < -0.39 is 23.1 Å². The lowest BCUT2D eigenvalue weighted by molar-refractivity contribution is 0.536. The van der Waals surface area contributed by atoms with Crippen molar-refractivity contribution in [1.82, 2.24) is 0 Å². The highest BCUT2D eigenvalue weighted by Gasteiger charge is 2.14. The molecule has 0 fully saturated rings. The first-order valence-electron chi connectivity index (χ1n) is 3.30. The fourth-order valence-corrected chi connectivity index (χ4v) is 0.915. The van der Waals surface area contributed by atoms with Crippen molar-refractivity contribution in [3.8, 4) is 0 Å². The molecule has 0 radical (unpaired) electrons. The molecule has 5 heteroatoms. The van der Waals surface area contributed by atoms with Crippen molar-refractivity contribution >= 4 is 23.1 Å². The summed E-state index contributed by atoms with van der Waals surface area (Å²) in [6, 6.07) is 0.559. The van der Waals surface area contributed by atoms with E-state index in [1.54, 1.807) is 0 Å². The van der Waals surface area contributed by atoms with E-state index >= 15 is 0 Å². The van der Waals surface area contributed by atoms with Gasteiger partial charge < -0.3 is 0 Å². The van der Waals surface area contributed by atoms with Crippen LogP contribution in [0.5, 0.6) is 0 Å². The Bertz CT molecular complexity index is 397. The minimum atomic E-state index is -1.09. The van der Waals surface area contributed by atoms with Crippen LogP contribution in [0.3, 0.4) is 0 Å². The molecule has 0 saturated heterocycles. The van der Waals surface area contributed by atoms with Gasteiger partial charge in [-0.15, -0.1) is 0 Å². The molecular formula is C8H4F3NS. The van der Waals surface area contributed by atoms with Gasteiger partial charge in [0.2, 0.25) is 0 Å². The van der Waals surface area contributed by atoms with Crippen LogP contribution in [-0.2, 0) is 0 Å². The zero-order valence-corrected chi connectivity index (χ0v) is 7.38. The monoisotopic (exact) mass is 203 g/mol. The summed E-state index contributed by atoms with van der Waals surface area (Å²) in [5, 5.41) is 1.82. The molecule has 0 aromatic heterocycles. The van der Waals surface area contributed by atoms with Crippen LogP contribution in [-0.4, -0.2) is 5.16 Å². The van der Waals surface area contributed by atoms with Crippen molar-refractivity contribution < 1.29 is 13.2 Å². The Balaban J connectivity index is 3.52. The Morgan fingerprint density at radius 2 is 1.92 bits per heavy atom. The number of rotatable bonds is 1. The molecule has 0 N–H and O–H groups in total. The summed E-state index contributed by atoms with van der Waals surface area (Å²) < 4.78 is 38.6. The van der Waals surface area contributed by atoms with Crippen molar-refractivity contribution in [3.05, 3.63) is 29.1 Å². The van der Waals surface area contributed by atoms with Crippen LogP contribution < -0.4 is 0 Å². The van der Waals surface area contributed by atoms with Crippen molar-refractivity contribution in [2.75, 3.05) is 0 Å². The normalized spacial score (nSPS) is 9.54. The molecule has 1 rings (SSSR count). The van der Waals surface area contributed by atoms with Crippen molar-refractivity contribution in [3.63, 3.8) is 0 Å². The van der Waals surface area contributed by atoms with E-state index in [9.17, 15) is 13.2 Å². The fraction of sp³-hybridized carbons (Fsp3) is 0.125. The van der Waals surface area contributed by atoms with Gasteiger partial charge in [-0.1, -0.05) is 0 Å². The van der Waals surface area contributed by atoms with Gasteiger partial charge in [0, 0.05) is 11.6 Å². The van der Waals surface area contributed by atoms with E-state index in [2.05, 4.69) is 17.2 Å². The van der Waals surface area contributed by atoms with E-state index in [-0.39, 0.29) is 5.56 Å². The van der Waals surface area contributed by atoms with E-state index in [1.165, 1.54) is 6.92 Å². The number of hydrogen-bond acceptors (Lipinski definition) is 2. The van der Waals surface area contributed by atoms with Gasteiger partial charge in [-0.3, -0.25) is 0 Å². The highest BCUT2D eigenvalue weighted by molar-refractivity contribution is 7.78. The Labute approximate surface area is 77.9 Å². The molecule has 0 saturated carbocycles. The topological polar surface area (TPSA) is 12.4 Å². The number of isothiocyanates is 1. The van der Waals surface area contributed by atoms with Gasteiger partial charge in [0.1, 0.15) is 11.5 Å². The van der Waals surface area contributed by atoms with Crippen LogP contribution in [0.4, 0.5) is 18.9 Å². The Morgan fingerprint density at radius 3 is 2.46 bits per heavy atom. The molecule has 0 amide bonds. The minimum Gasteiger partial charge on any atom is -0.206 e. The summed E-state index contributed by atoms with van der Waals surface area (Å²) in [7, 11) is 0. The average molecular weight is 203 g/mol. The molecular weight excluding hydrogens is 199 g/mol. The van der Waals surface area contributed by atoms with Crippen molar-refractivity contribution in [1.29, 1.82) is 0 Å². The summed E-state index contributed by atoms with van der Waals surface area (Å²) >= 11 is 4.19. The zero-order valence-electron chi connectivity index (χ0n) is 6.57. The zero-order chi connectivity index (χ0) is 10.0. The maximum atomic E-state index is 13.1. The average Bonchev–Trinajstić information content (AvgIpc) is 2.09. The third-order valence-electron chi connectivity index (χ3n) is 1.53. The van der Waals surface area contributed by atoms with Crippen molar-refractivity contribution in [2.24, 2.45) is 4.99 Å². The fourth-order valence-electron chi connectivity index (χ4n) is 0.823. The Morgan fingerprint density at radius 1 is 1.31 bits per heavy atom. The van der Waals surface area contributed by atoms with Gasteiger partial charge in [-0.2, -0.15) is 4.99 Å². The van der Waals surface area contributed by atoms with Gasteiger partial charge >= 0.3 is 0 Å². The summed E-state index contributed by atoms with van der Waals surface area (Å²) in [4.78, 5) is 3.16. The Hall–Kier alpha value is -1.19. The Kier molecular flexibility index (Phi) is 2.80. The number of halogens is 3. The molecule has 0 spiro atoms. The first kappa shape index (κ1) is 9.89. The standard InChI is InChI=1S/C8H4F3NS/c1-4-5(9)2-6(10)8(7(4)11)12-3-13/h2H,1H3. The number of nitrogens with zero attached hydrogens (tertiary/aromatic N) is 1. The second-order valence-corrected chi connectivity index (χ2v) is 2.51. The summed E-state index contributed by atoms with van der Waals surface area (Å²) in [6.45, 7) is 1.19. The molecule has 1 aromatic carbocycles. The molecule has 0 heterocycles. The molecule has 13 heavy (non-hydrogen) atoms. The SMILES string of the molecule is Cc1c(F)cc(F)c(N=C=S)c1F. The largest absolute Gasteiger partial charge is 0.206 e. The van der Waals surface area contributed by atoms with Gasteiger partial charge in [0.25, 0.3) is 0 Å². The predicted octanol–water partition coefficient (Wildman–Crippen LogP) is 3.15. The quantitative estimate of drug-likeness (QED) is 0.504.